The van der Waals surface area contributed by atoms with E-state index < -0.39 is 0 Å². The Labute approximate surface area is 219 Å². The normalized spacial score (nSPS) is 22.8. The van der Waals surface area contributed by atoms with Gasteiger partial charge in [-0.25, -0.2) is 9.67 Å². The minimum Gasteiger partial charge on any atom is -0.379 e. The summed E-state index contributed by atoms with van der Waals surface area (Å²) in [5.41, 5.74) is 6.15. The summed E-state index contributed by atoms with van der Waals surface area (Å²) >= 11 is 0. The predicted octanol–water partition coefficient (Wildman–Crippen LogP) is 4.94. The van der Waals surface area contributed by atoms with E-state index in [0.717, 1.165) is 43.4 Å². The molecule has 3 aromatic rings. The number of Topliss-reactive ketones (excluding diaryl/α,β-unsaturated/α-hetero) is 1. The van der Waals surface area contributed by atoms with Crippen molar-refractivity contribution in [2.75, 3.05) is 26.3 Å². The topological polar surface area (TPSA) is 73.1 Å². The van der Waals surface area contributed by atoms with Crippen molar-refractivity contribution in [1.82, 2.24) is 24.6 Å². The summed E-state index contributed by atoms with van der Waals surface area (Å²) in [6.45, 7) is 7.95. The average Bonchev–Trinajstić information content (AvgIpc) is 3.71. The minimum atomic E-state index is 0.0679. The number of morpholine rings is 1. The highest BCUT2D eigenvalue weighted by molar-refractivity contribution is 5.98. The van der Waals surface area contributed by atoms with Crippen molar-refractivity contribution < 1.29 is 9.53 Å². The van der Waals surface area contributed by atoms with E-state index in [1.165, 1.54) is 55.3 Å². The Bertz CT molecular complexity index is 1250. The van der Waals surface area contributed by atoms with Crippen molar-refractivity contribution >= 4 is 5.78 Å². The Balaban J connectivity index is 1.09. The number of aryl methyl sites for hydroxylation is 1. The van der Waals surface area contributed by atoms with Crippen LogP contribution in [-0.2, 0) is 11.2 Å². The summed E-state index contributed by atoms with van der Waals surface area (Å²) in [5, 5.41) is 4.48. The van der Waals surface area contributed by atoms with E-state index in [9.17, 15) is 4.79 Å². The maximum Gasteiger partial charge on any atom is 0.170 e. The van der Waals surface area contributed by atoms with Crippen molar-refractivity contribution in [1.29, 1.82) is 0 Å². The van der Waals surface area contributed by atoms with Gasteiger partial charge in [0.25, 0.3) is 0 Å². The van der Waals surface area contributed by atoms with Gasteiger partial charge in [0.05, 0.1) is 30.7 Å². The number of ether oxygens (including phenoxy) is 1. The van der Waals surface area contributed by atoms with Crippen LogP contribution in [0.1, 0.15) is 88.8 Å². The highest BCUT2D eigenvalue weighted by Crippen LogP contribution is 2.39. The Hall–Kier alpha value is -2.90. The van der Waals surface area contributed by atoms with Crippen LogP contribution in [0.2, 0.25) is 0 Å². The van der Waals surface area contributed by atoms with Crippen LogP contribution in [0.5, 0.6) is 0 Å². The van der Waals surface area contributed by atoms with Crippen molar-refractivity contribution in [3.8, 4) is 5.82 Å². The van der Waals surface area contributed by atoms with E-state index >= 15 is 0 Å². The summed E-state index contributed by atoms with van der Waals surface area (Å²) in [4.78, 5) is 25.3. The van der Waals surface area contributed by atoms with Crippen LogP contribution in [0.25, 0.3) is 5.82 Å². The fourth-order valence-electron chi connectivity index (χ4n) is 6.20. The van der Waals surface area contributed by atoms with Gasteiger partial charge in [-0.3, -0.25) is 14.7 Å². The number of hydrogen-bond donors (Lipinski definition) is 0. The van der Waals surface area contributed by atoms with Crippen LogP contribution in [0.15, 0.2) is 36.8 Å². The molecule has 0 radical (unpaired) electrons. The van der Waals surface area contributed by atoms with Crippen molar-refractivity contribution in [2.45, 2.75) is 76.7 Å². The lowest BCUT2D eigenvalue weighted by Crippen LogP contribution is -2.44. The van der Waals surface area contributed by atoms with Crippen molar-refractivity contribution in [3.05, 3.63) is 70.4 Å². The molecule has 0 bridgehead atoms. The molecule has 0 amide bonds. The second-order valence-electron chi connectivity index (χ2n) is 11.1. The number of carbonyl (C=O) groups is 1. The van der Waals surface area contributed by atoms with E-state index in [4.69, 9.17) is 9.72 Å². The van der Waals surface area contributed by atoms with Crippen LogP contribution in [0, 0.1) is 13.8 Å². The Kier molecular flexibility index (Phi) is 6.91. The van der Waals surface area contributed by atoms with Crippen LogP contribution in [-0.4, -0.2) is 62.8 Å². The molecule has 0 spiro atoms. The monoisotopic (exact) mass is 499 g/mol. The first-order chi connectivity index (χ1) is 18.1. The predicted molar refractivity (Wildman–Crippen MR) is 142 cm³/mol. The smallest absolute Gasteiger partial charge is 0.170 e. The number of aromatic nitrogens is 4. The minimum absolute atomic E-state index is 0.0679. The number of rotatable bonds is 7. The third-order valence-corrected chi connectivity index (χ3v) is 8.53. The zero-order valence-electron chi connectivity index (χ0n) is 22.0. The maximum absolute atomic E-state index is 13.2. The highest BCUT2D eigenvalue weighted by atomic mass is 16.5. The number of hydrogen-bond acceptors (Lipinski definition) is 6. The molecular formula is C30H37N5O2. The van der Waals surface area contributed by atoms with E-state index in [-0.39, 0.29) is 5.78 Å². The fraction of sp³-hybridized carbons (Fsp3) is 0.533. The van der Waals surface area contributed by atoms with Crippen LogP contribution >= 0.6 is 0 Å². The third-order valence-electron chi connectivity index (χ3n) is 8.53. The van der Waals surface area contributed by atoms with Gasteiger partial charge in [-0.15, -0.1) is 0 Å². The molecule has 0 unspecified atom stereocenters. The SMILES string of the molecule is Cc1cc(CC(=O)c2cnn(-c3ccc(C4CC4)cn3)c2C)cnc1C1CCC(N2CCOCC2)CC1. The molecule has 3 aromatic heterocycles. The molecule has 1 saturated heterocycles. The Morgan fingerprint density at radius 3 is 2.38 bits per heavy atom. The molecule has 4 heterocycles. The lowest BCUT2D eigenvalue weighted by molar-refractivity contribution is 0.00719. The number of pyridine rings is 2. The van der Waals surface area contributed by atoms with E-state index in [2.05, 4.69) is 34.0 Å². The molecule has 1 aliphatic heterocycles. The van der Waals surface area contributed by atoms with Crippen LogP contribution in [0.4, 0.5) is 0 Å². The second-order valence-corrected chi connectivity index (χ2v) is 11.1. The van der Waals surface area contributed by atoms with Gasteiger partial charge in [-0.05, 0) is 81.0 Å². The molecule has 2 aliphatic carbocycles. The molecule has 3 aliphatic rings. The zero-order chi connectivity index (χ0) is 25.4. The summed E-state index contributed by atoms with van der Waals surface area (Å²) < 4.78 is 7.29. The molecule has 37 heavy (non-hydrogen) atoms. The quantitative estimate of drug-likeness (QED) is 0.429. The van der Waals surface area contributed by atoms with Crippen LogP contribution in [0.3, 0.4) is 0 Å². The average molecular weight is 500 g/mol. The van der Waals surface area contributed by atoms with Gasteiger partial charge in [0, 0.05) is 49.6 Å². The Morgan fingerprint density at radius 2 is 1.70 bits per heavy atom. The second kappa shape index (κ2) is 10.5. The third kappa shape index (κ3) is 5.25. The molecule has 0 aromatic carbocycles. The van der Waals surface area contributed by atoms with Crippen LogP contribution < -0.4 is 0 Å². The summed E-state index contributed by atoms with van der Waals surface area (Å²) in [5.74, 6) is 2.01. The molecular weight excluding hydrogens is 462 g/mol. The van der Waals surface area contributed by atoms with Gasteiger partial charge >= 0.3 is 0 Å². The highest BCUT2D eigenvalue weighted by Gasteiger charge is 2.29. The molecule has 0 N–H and O–H groups in total. The van der Waals surface area contributed by atoms with E-state index in [1.807, 2.05) is 25.4 Å². The first-order valence-corrected chi connectivity index (χ1v) is 13.9. The van der Waals surface area contributed by atoms with Gasteiger partial charge in [-0.1, -0.05) is 12.1 Å². The Morgan fingerprint density at radius 1 is 0.946 bits per heavy atom. The van der Waals surface area contributed by atoms with Gasteiger partial charge in [0.1, 0.15) is 0 Å². The maximum atomic E-state index is 13.2. The summed E-state index contributed by atoms with van der Waals surface area (Å²) in [6.07, 6.45) is 13.2. The lowest BCUT2D eigenvalue weighted by Gasteiger charge is -2.38. The molecule has 2 saturated carbocycles. The number of nitrogens with zero attached hydrogens (tertiary/aromatic N) is 5. The number of ketones is 1. The lowest BCUT2D eigenvalue weighted by atomic mass is 9.81. The molecule has 7 heteroatoms. The van der Waals surface area contributed by atoms with E-state index in [0.29, 0.717) is 29.9 Å². The largest absolute Gasteiger partial charge is 0.379 e. The summed E-state index contributed by atoms with van der Waals surface area (Å²) in [7, 11) is 0. The molecule has 194 valence electrons. The summed E-state index contributed by atoms with van der Waals surface area (Å²) in [6, 6.07) is 6.98. The van der Waals surface area contributed by atoms with Crippen molar-refractivity contribution in [3.63, 3.8) is 0 Å². The van der Waals surface area contributed by atoms with Gasteiger partial charge in [-0.2, -0.15) is 5.10 Å². The fourth-order valence-corrected chi connectivity index (χ4v) is 6.20. The van der Waals surface area contributed by atoms with Gasteiger partial charge < -0.3 is 4.74 Å². The first kappa shape index (κ1) is 24.4. The van der Waals surface area contributed by atoms with E-state index in [1.54, 1.807) is 10.9 Å². The van der Waals surface area contributed by atoms with Gasteiger partial charge in [0.15, 0.2) is 11.6 Å². The molecule has 0 atom stereocenters. The number of carbonyl (C=O) groups excluding carboxylic acids is 1. The standard InChI is InChI=1S/C30H37N5O2/c1-20-15-22(17-32-30(20)24-5-8-26(9-6-24)34-11-13-37-14-12-34)16-28(36)27-19-33-35(21(27)2)29-10-7-25(18-31-29)23-3-4-23/h7,10,15,17-19,23-24,26H,3-6,8-9,11-14,16H2,1-2H3. The van der Waals surface area contributed by atoms with Crippen molar-refractivity contribution in [2.24, 2.45) is 0 Å². The zero-order valence-corrected chi connectivity index (χ0v) is 22.0. The molecule has 7 nitrogen and oxygen atoms in total. The molecule has 3 fully saturated rings. The molecule has 6 rings (SSSR count). The van der Waals surface area contributed by atoms with Gasteiger partial charge in [0.2, 0.25) is 0 Å². The first-order valence-electron chi connectivity index (χ1n) is 13.9.